The minimum absolute atomic E-state index is 0.106. The van der Waals surface area contributed by atoms with Gasteiger partial charge in [0.25, 0.3) is 0 Å². The second-order valence-electron chi connectivity index (χ2n) is 10.1. The number of nitrogens with zero attached hydrogens (tertiary/aromatic N) is 1. The molecule has 1 saturated heterocycles. The molecule has 2 aromatic rings. The number of hydrogen-bond acceptors (Lipinski definition) is 6. The molecule has 1 heterocycles. The lowest BCUT2D eigenvalue weighted by Crippen LogP contribution is -2.44. The predicted molar refractivity (Wildman–Crippen MR) is 139 cm³/mol. The van der Waals surface area contributed by atoms with Gasteiger partial charge in [-0.05, 0) is 56.7 Å². The van der Waals surface area contributed by atoms with Crippen LogP contribution in [0.4, 0.5) is 0 Å². The predicted octanol–water partition coefficient (Wildman–Crippen LogP) is 4.22. The zero-order valence-corrected chi connectivity index (χ0v) is 21.5. The van der Waals surface area contributed by atoms with Crippen LogP contribution in [0.15, 0.2) is 48.5 Å². The van der Waals surface area contributed by atoms with Crippen molar-refractivity contribution in [3.8, 4) is 11.5 Å². The van der Waals surface area contributed by atoms with E-state index in [2.05, 4.69) is 6.07 Å². The molecule has 2 aliphatic rings. The molecule has 7 heteroatoms. The lowest BCUT2D eigenvalue weighted by atomic mass is 9.87. The highest BCUT2D eigenvalue weighted by Crippen LogP contribution is 2.40. The van der Waals surface area contributed by atoms with Crippen LogP contribution in [-0.4, -0.2) is 61.5 Å². The first-order valence-electron chi connectivity index (χ1n) is 13.1. The Morgan fingerprint density at radius 1 is 1.11 bits per heavy atom. The maximum absolute atomic E-state index is 13.3. The van der Waals surface area contributed by atoms with Crippen molar-refractivity contribution in [3.05, 3.63) is 59.7 Å². The van der Waals surface area contributed by atoms with Crippen molar-refractivity contribution < 1.29 is 24.1 Å². The van der Waals surface area contributed by atoms with Gasteiger partial charge in [-0.1, -0.05) is 36.4 Å². The number of ether oxygens (including phenoxy) is 3. The van der Waals surface area contributed by atoms with E-state index in [1.807, 2.05) is 54.3 Å². The van der Waals surface area contributed by atoms with Crippen LogP contribution in [0.25, 0.3) is 0 Å². The van der Waals surface area contributed by atoms with Crippen LogP contribution in [0, 0.1) is 18.8 Å². The van der Waals surface area contributed by atoms with Crippen molar-refractivity contribution in [2.24, 2.45) is 17.6 Å². The zero-order valence-electron chi connectivity index (χ0n) is 21.5. The van der Waals surface area contributed by atoms with Gasteiger partial charge in [-0.2, -0.15) is 0 Å². The molecule has 2 fully saturated rings. The Morgan fingerprint density at radius 2 is 1.86 bits per heavy atom. The second-order valence-corrected chi connectivity index (χ2v) is 10.1. The Kier molecular flexibility index (Phi) is 9.37. The highest BCUT2D eigenvalue weighted by Gasteiger charge is 2.39. The molecule has 0 unspecified atom stereocenters. The van der Waals surface area contributed by atoms with E-state index in [9.17, 15) is 9.90 Å². The number of aliphatic hydroxyl groups excluding tert-OH is 1. The Balaban J connectivity index is 1.55. The summed E-state index contributed by atoms with van der Waals surface area (Å²) in [7, 11) is 1.69. The number of carbonyl (C=O) groups is 1. The maximum atomic E-state index is 13.3. The number of carbonyl (C=O) groups excluding carboxylic acids is 1. The van der Waals surface area contributed by atoms with Crippen LogP contribution in [0.3, 0.4) is 0 Å². The summed E-state index contributed by atoms with van der Waals surface area (Å²) in [6.07, 6.45) is 2.86. The third-order valence-electron chi connectivity index (χ3n) is 7.45. The van der Waals surface area contributed by atoms with Gasteiger partial charge >= 0.3 is 0 Å². The molecule has 7 nitrogen and oxygen atoms in total. The molecule has 0 spiro atoms. The van der Waals surface area contributed by atoms with E-state index < -0.39 is 6.10 Å². The standard InChI is InChI=1S/C29H40N2O5/c1-20-9-3-5-12-26(20)36-27-13-6-4-11-23(27)28(35-16-8-15-34-2)21-10-7-14-31(19-21)29(33)22-17-24(30)25(32)18-22/h3-6,9,11-13,21-22,24-25,28,32H,7-8,10,14-19,30H2,1-2H3/t21-,22-,24+,25-,28+/m0/s1. The minimum atomic E-state index is -0.595. The van der Waals surface area contributed by atoms with Crippen LogP contribution in [0.2, 0.25) is 0 Å². The summed E-state index contributed by atoms with van der Waals surface area (Å²) >= 11 is 0. The van der Waals surface area contributed by atoms with Gasteiger partial charge in [0.05, 0.1) is 12.2 Å². The van der Waals surface area contributed by atoms with Gasteiger partial charge in [-0.15, -0.1) is 0 Å². The maximum Gasteiger partial charge on any atom is 0.225 e. The molecule has 0 radical (unpaired) electrons. The van der Waals surface area contributed by atoms with E-state index >= 15 is 0 Å². The SMILES string of the molecule is COCCCO[C@@H](c1ccccc1Oc1ccccc1C)[C@H]1CCCN(C(=O)[C@H]2C[C@@H](N)[C@@H](O)C2)C1. The second kappa shape index (κ2) is 12.7. The van der Waals surface area contributed by atoms with Crippen molar-refractivity contribution >= 4 is 5.91 Å². The van der Waals surface area contributed by atoms with Gasteiger partial charge in [-0.3, -0.25) is 4.79 Å². The smallest absolute Gasteiger partial charge is 0.225 e. The number of methoxy groups -OCH3 is 1. The Morgan fingerprint density at radius 3 is 2.58 bits per heavy atom. The van der Waals surface area contributed by atoms with E-state index in [0.29, 0.717) is 32.6 Å². The largest absolute Gasteiger partial charge is 0.457 e. The topological polar surface area (TPSA) is 94.2 Å². The van der Waals surface area contributed by atoms with E-state index in [1.165, 1.54) is 0 Å². The number of aliphatic hydroxyl groups is 1. The monoisotopic (exact) mass is 496 g/mol. The quantitative estimate of drug-likeness (QED) is 0.479. The number of nitrogens with two attached hydrogens (primary N) is 1. The van der Waals surface area contributed by atoms with E-state index in [-0.39, 0.29) is 29.9 Å². The Labute approximate surface area is 214 Å². The third kappa shape index (κ3) is 6.45. The average molecular weight is 497 g/mol. The van der Waals surface area contributed by atoms with E-state index in [4.69, 9.17) is 19.9 Å². The molecule has 4 rings (SSSR count). The Hall–Kier alpha value is -2.45. The molecule has 0 aromatic heterocycles. The zero-order chi connectivity index (χ0) is 25.5. The molecule has 5 atom stereocenters. The molecule has 0 bridgehead atoms. The molecule has 2 aromatic carbocycles. The van der Waals surface area contributed by atoms with Crippen molar-refractivity contribution in [1.29, 1.82) is 0 Å². The first-order chi connectivity index (χ1) is 17.5. The van der Waals surface area contributed by atoms with Crippen LogP contribution in [0.5, 0.6) is 11.5 Å². The first kappa shape index (κ1) is 26.6. The fourth-order valence-corrected chi connectivity index (χ4v) is 5.46. The number of amides is 1. The van der Waals surface area contributed by atoms with Gasteiger partial charge in [0.1, 0.15) is 11.5 Å². The van der Waals surface area contributed by atoms with Crippen molar-refractivity contribution in [2.45, 2.75) is 57.3 Å². The van der Waals surface area contributed by atoms with Crippen molar-refractivity contribution in [1.82, 2.24) is 4.90 Å². The molecule has 196 valence electrons. The number of likely N-dealkylation sites (tertiary alicyclic amines) is 1. The molecule has 3 N–H and O–H groups in total. The lowest BCUT2D eigenvalue weighted by Gasteiger charge is -2.38. The summed E-state index contributed by atoms with van der Waals surface area (Å²) in [6, 6.07) is 15.7. The summed E-state index contributed by atoms with van der Waals surface area (Å²) in [5.41, 5.74) is 8.05. The van der Waals surface area contributed by atoms with Gasteiger partial charge in [0.15, 0.2) is 0 Å². The molecule has 1 aliphatic carbocycles. The highest BCUT2D eigenvalue weighted by atomic mass is 16.5. The number of aryl methyl sites for hydroxylation is 1. The first-order valence-corrected chi connectivity index (χ1v) is 13.1. The van der Waals surface area contributed by atoms with Crippen molar-refractivity contribution in [2.75, 3.05) is 33.4 Å². The molecular weight excluding hydrogens is 456 g/mol. The lowest BCUT2D eigenvalue weighted by molar-refractivity contribution is -0.139. The van der Waals surface area contributed by atoms with Gasteiger partial charge in [0.2, 0.25) is 5.91 Å². The normalized spacial score (nSPS) is 25.1. The van der Waals surface area contributed by atoms with E-state index in [1.54, 1.807) is 7.11 Å². The number of piperidine rings is 1. The van der Waals surface area contributed by atoms with Crippen LogP contribution < -0.4 is 10.5 Å². The summed E-state index contributed by atoms with van der Waals surface area (Å²) in [6.45, 7) is 4.58. The highest BCUT2D eigenvalue weighted by molar-refractivity contribution is 5.79. The number of benzene rings is 2. The van der Waals surface area contributed by atoms with Crippen LogP contribution in [0.1, 0.15) is 49.3 Å². The molecular formula is C29H40N2O5. The van der Waals surface area contributed by atoms with Gasteiger partial charge < -0.3 is 30.0 Å². The van der Waals surface area contributed by atoms with Crippen molar-refractivity contribution in [3.63, 3.8) is 0 Å². The van der Waals surface area contributed by atoms with Crippen LogP contribution >= 0.6 is 0 Å². The molecule has 1 amide bonds. The van der Waals surface area contributed by atoms with Crippen LogP contribution in [-0.2, 0) is 14.3 Å². The average Bonchev–Trinajstić information content (AvgIpc) is 3.23. The van der Waals surface area contributed by atoms with E-state index in [0.717, 1.165) is 48.4 Å². The van der Waals surface area contributed by atoms with Gasteiger partial charge in [-0.25, -0.2) is 0 Å². The number of rotatable bonds is 10. The summed E-state index contributed by atoms with van der Waals surface area (Å²) in [5, 5.41) is 10.1. The molecule has 36 heavy (non-hydrogen) atoms. The fraction of sp³-hybridized carbons (Fsp3) is 0.552. The summed E-state index contributed by atoms with van der Waals surface area (Å²) < 4.78 is 18.1. The third-order valence-corrected chi connectivity index (χ3v) is 7.45. The number of hydrogen-bond donors (Lipinski definition) is 2. The summed E-state index contributed by atoms with van der Waals surface area (Å²) in [5.74, 6) is 1.63. The van der Waals surface area contributed by atoms with Gasteiger partial charge in [0, 0.05) is 56.9 Å². The minimum Gasteiger partial charge on any atom is -0.457 e. The molecule has 1 aliphatic heterocycles. The fourth-order valence-electron chi connectivity index (χ4n) is 5.46. The Bertz CT molecular complexity index is 989. The number of para-hydroxylation sites is 2. The molecule has 1 saturated carbocycles. The summed E-state index contributed by atoms with van der Waals surface area (Å²) in [4.78, 5) is 15.3.